The van der Waals surface area contributed by atoms with E-state index < -0.39 is 12.4 Å². The molecule has 0 saturated carbocycles. The summed E-state index contributed by atoms with van der Waals surface area (Å²) in [7, 11) is 1.57. The van der Waals surface area contributed by atoms with Gasteiger partial charge in [-0.25, -0.2) is 14.4 Å². The summed E-state index contributed by atoms with van der Waals surface area (Å²) >= 11 is 0. The number of rotatable bonds is 7. The van der Waals surface area contributed by atoms with Crippen molar-refractivity contribution in [3.8, 4) is 17.0 Å². The average molecular weight is 367 g/mol. The van der Waals surface area contributed by atoms with E-state index >= 15 is 0 Å². The number of halogens is 1. The summed E-state index contributed by atoms with van der Waals surface area (Å²) < 4.78 is 18.6. The molecule has 3 rings (SSSR count). The number of benzene rings is 1. The van der Waals surface area contributed by atoms with Gasteiger partial charge >= 0.3 is 0 Å². The van der Waals surface area contributed by atoms with Crippen molar-refractivity contribution in [1.82, 2.24) is 15.0 Å². The van der Waals surface area contributed by atoms with Crippen molar-refractivity contribution in [2.75, 3.05) is 7.11 Å². The highest BCUT2D eigenvalue weighted by atomic mass is 19.1. The molecule has 7 heteroatoms. The molecule has 3 aromatic rings. The summed E-state index contributed by atoms with van der Waals surface area (Å²) in [6.45, 7) is -0.411. The molecule has 6 nitrogen and oxygen atoms in total. The number of hydrogen-bond donors (Lipinski definition) is 1. The molecule has 0 atom stereocenters. The molecule has 0 aliphatic heterocycles. The molecular formula is C20H18FN3O3. The largest absolute Gasteiger partial charge is 0.495 e. The number of aliphatic hydroxyl groups is 1. The van der Waals surface area contributed by atoms with Crippen LogP contribution in [0.4, 0.5) is 4.39 Å². The topological polar surface area (TPSA) is 85.2 Å². The van der Waals surface area contributed by atoms with Crippen LogP contribution in [0.2, 0.25) is 0 Å². The summed E-state index contributed by atoms with van der Waals surface area (Å²) in [5.41, 5.74) is 2.33. The zero-order chi connectivity index (χ0) is 19.2. The SMILES string of the molecule is COc1ccc(CCC(=O)c2cc(-c3ccc(F)c(CO)c3)ncn2)nc1. The molecule has 0 saturated heterocycles. The Bertz CT molecular complexity index is 945. The van der Waals surface area contributed by atoms with Crippen LogP contribution in [0.15, 0.2) is 48.9 Å². The molecule has 0 radical (unpaired) electrons. The maximum absolute atomic E-state index is 13.5. The van der Waals surface area contributed by atoms with E-state index in [0.29, 0.717) is 23.4 Å². The number of aryl methyl sites for hydroxylation is 1. The van der Waals surface area contributed by atoms with Gasteiger partial charge in [0.1, 0.15) is 23.6 Å². The van der Waals surface area contributed by atoms with Crippen LogP contribution in [0.3, 0.4) is 0 Å². The Morgan fingerprint density at radius 1 is 1.15 bits per heavy atom. The number of methoxy groups -OCH3 is 1. The van der Waals surface area contributed by atoms with Crippen LogP contribution in [-0.4, -0.2) is 33.0 Å². The third kappa shape index (κ3) is 4.51. The highest BCUT2D eigenvalue weighted by Gasteiger charge is 2.12. The Labute approximate surface area is 155 Å². The lowest BCUT2D eigenvalue weighted by atomic mass is 10.0. The molecule has 2 heterocycles. The van der Waals surface area contributed by atoms with Gasteiger partial charge in [-0.1, -0.05) is 0 Å². The van der Waals surface area contributed by atoms with Crippen molar-refractivity contribution in [3.63, 3.8) is 0 Å². The maximum Gasteiger partial charge on any atom is 0.181 e. The highest BCUT2D eigenvalue weighted by Crippen LogP contribution is 2.21. The Balaban J connectivity index is 1.73. The molecule has 2 aromatic heterocycles. The van der Waals surface area contributed by atoms with E-state index in [1.54, 1.807) is 31.5 Å². The first kappa shape index (κ1) is 18.6. The van der Waals surface area contributed by atoms with Gasteiger partial charge in [0.25, 0.3) is 0 Å². The number of carbonyl (C=O) groups excluding carboxylic acids is 1. The van der Waals surface area contributed by atoms with Gasteiger partial charge in [-0.2, -0.15) is 0 Å². The lowest BCUT2D eigenvalue weighted by Gasteiger charge is -2.06. The number of carbonyl (C=O) groups is 1. The van der Waals surface area contributed by atoms with Crippen LogP contribution in [0.1, 0.15) is 28.2 Å². The standard InChI is InChI=1S/C20H18FN3O3/c1-27-16-5-3-15(22-10-16)4-7-20(26)19-9-18(23-12-24-19)13-2-6-17(21)14(8-13)11-25/h2-3,5-6,8-10,12,25H,4,7,11H2,1H3. The molecule has 0 aliphatic carbocycles. The highest BCUT2D eigenvalue weighted by molar-refractivity contribution is 5.95. The number of hydrogen-bond acceptors (Lipinski definition) is 6. The lowest BCUT2D eigenvalue weighted by Crippen LogP contribution is -2.05. The van der Waals surface area contributed by atoms with Crippen molar-refractivity contribution >= 4 is 5.78 Å². The fourth-order valence-electron chi connectivity index (χ4n) is 2.57. The Hall–Kier alpha value is -3.19. The molecule has 1 N–H and O–H groups in total. The minimum absolute atomic E-state index is 0.138. The van der Waals surface area contributed by atoms with Crippen molar-refractivity contribution in [1.29, 1.82) is 0 Å². The summed E-state index contributed by atoms with van der Waals surface area (Å²) in [6, 6.07) is 9.49. The maximum atomic E-state index is 13.5. The molecule has 0 bridgehead atoms. The normalized spacial score (nSPS) is 10.6. The van der Waals surface area contributed by atoms with Crippen LogP contribution in [-0.2, 0) is 13.0 Å². The summed E-state index contributed by atoms with van der Waals surface area (Å²) in [5.74, 6) is 0.0337. The first-order valence-electron chi connectivity index (χ1n) is 8.34. The molecule has 138 valence electrons. The molecule has 1 aromatic carbocycles. The lowest BCUT2D eigenvalue weighted by molar-refractivity contribution is 0.0977. The van der Waals surface area contributed by atoms with E-state index in [-0.39, 0.29) is 23.5 Å². The summed E-state index contributed by atoms with van der Waals surface area (Å²) in [6.07, 6.45) is 3.64. The number of ketones is 1. The Kier molecular flexibility index (Phi) is 5.83. The fraction of sp³-hybridized carbons (Fsp3) is 0.200. The van der Waals surface area contributed by atoms with E-state index in [1.165, 1.54) is 18.5 Å². The summed E-state index contributed by atoms with van der Waals surface area (Å²) in [5, 5.41) is 9.20. The van der Waals surface area contributed by atoms with Gasteiger partial charge in [0.15, 0.2) is 5.78 Å². The minimum Gasteiger partial charge on any atom is -0.495 e. The van der Waals surface area contributed by atoms with Gasteiger partial charge in [0, 0.05) is 23.2 Å². The monoisotopic (exact) mass is 367 g/mol. The first-order valence-corrected chi connectivity index (χ1v) is 8.34. The number of nitrogens with zero attached hydrogens (tertiary/aromatic N) is 3. The van der Waals surface area contributed by atoms with Crippen molar-refractivity contribution in [2.24, 2.45) is 0 Å². The predicted molar refractivity (Wildman–Crippen MR) is 96.8 cm³/mol. The number of ether oxygens (including phenoxy) is 1. The number of aromatic nitrogens is 3. The third-order valence-electron chi connectivity index (χ3n) is 4.11. The van der Waals surface area contributed by atoms with E-state index in [1.807, 2.05) is 6.07 Å². The Morgan fingerprint density at radius 3 is 2.70 bits per heavy atom. The number of Topliss-reactive ketones (excluding diaryl/α,β-unsaturated/α-hetero) is 1. The number of aliphatic hydroxyl groups excluding tert-OH is 1. The van der Waals surface area contributed by atoms with Crippen LogP contribution >= 0.6 is 0 Å². The zero-order valence-corrected chi connectivity index (χ0v) is 14.7. The van der Waals surface area contributed by atoms with Gasteiger partial charge in [0.2, 0.25) is 0 Å². The van der Waals surface area contributed by atoms with Crippen LogP contribution in [0.5, 0.6) is 5.75 Å². The number of pyridine rings is 1. The smallest absolute Gasteiger partial charge is 0.181 e. The molecule has 0 fully saturated rings. The van der Waals surface area contributed by atoms with E-state index in [4.69, 9.17) is 4.74 Å². The van der Waals surface area contributed by atoms with Crippen molar-refractivity contribution in [2.45, 2.75) is 19.4 Å². The van der Waals surface area contributed by atoms with Gasteiger partial charge in [-0.15, -0.1) is 0 Å². The second-order valence-electron chi connectivity index (χ2n) is 5.87. The van der Waals surface area contributed by atoms with Gasteiger partial charge in [-0.3, -0.25) is 9.78 Å². The van der Waals surface area contributed by atoms with Crippen molar-refractivity contribution < 1.29 is 19.0 Å². The van der Waals surface area contributed by atoms with Crippen molar-refractivity contribution in [3.05, 3.63) is 71.7 Å². The second kappa shape index (κ2) is 8.46. The third-order valence-corrected chi connectivity index (χ3v) is 4.11. The van der Waals surface area contributed by atoms with Gasteiger partial charge < -0.3 is 9.84 Å². The Morgan fingerprint density at radius 2 is 2.00 bits per heavy atom. The minimum atomic E-state index is -0.487. The molecule has 27 heavy (non-hydrogen) atoms. The quantitative estimate of drug-likeness (QED) is 0.646. The van der Waals surface area contributed by atoms with Crippen LogP contribution < -0.4 is 4.74 Å². The van der Waals surface area contributed by atoms with E-state index in [9.17, 15) is 14.3 Å². The molecular weight excluding hydrogens is 349 g/mol. The average Bonchev–Trinajstić information content (AvgIpc) is 2.72. The van der Waals surface area contributed by atoms with Crippen LogP contribution in [0.25, 0.3) is 11.3 Å². The van der Waals surface area contributed by atoms with E-state index in [0.717, 1.165) is 5.69 Å². The van der Waals surface area contributed by atoms with E-state index in [2.05, 4.69) is 15.0 Å². The first-order chi connectivity index (χ1) is 13.1. The second-order valence-corrected chi connectivity index (χ2v) is 5.87. The summed E-state index contributed by atoms with van der Waals surface area (Å²) in [4.78, 5) is 24.9. The fourth-order valence-corrected chi connectivity index (χ4v) is 2.57. The van der Waals surface area contributed by atoms with Gasteiger partial charge in [-0.05, 0) is 42.8 Å². The molecule has 0 aliphatic rings. The zero-order valence-electron chi connectivity index (χ0n) is 14.7. The molecule has 0 unspecified atom stereocenters. The molecule has 0 amide bonds. The molecule has 0 spiro atoms. The predicted octanol–water partition coefficient (Wildman–Crippen LogP) is 2.99. The van der Waals surface area contributed by atoms with Crippen LogP contribution in [0, 0.1) is 5.82 Å². The van der Waals surface area contributed by atoms with Gasteiger partial charge in [0.05, 0.1) is 25.6 Å².